The van der Waals surface area contributed by atoms with Crippen molar-refractivity contribution in [3.63, 3.8) is 0 Å². The van der Waals surface area contributed by atoms with Crippen molar-refractivity contribution in [1.29, 1.82) is 0 Å². The number of rotatable bonds is 5. The van der Waals surface area contributed by atoms with E-state index in [0.29, 0.717) is 17.1 Å². The van der Waals surface area contributed by atoms with Gasteiger partial charge in [-0.3, -0.25) is 0 Å². The van der Waals surface area contributed by atoms with Gasteiger partial charge >= 0.3 is 0 Å². The number of benzene rings is 2. The number of nitrogens with zero attached hydrogens (tertiary/aromatic N) is 2. The fourth-order valence-electron chi connectivity index (χ4n) is 2.17. The van der Waals surface area contributed by atoms with Gasteiger partial charge in [-0.15, -0.1) is 10.2 Å². The lowest BCUT2D eigenvalue weighted by Crippen LogP contribution is -1.90. The molecule has 0 saturated carbocycles. The molecular weight excluding hydrogens is 311 g/mol. The summed E-state index contributed by atoms with van der Waals surface area (Å²) in [5, 5.41) is 7.62. The molecule has 1 heterocycles. The fourth-order valence-corrected chi connectivity index (χ4v) is 2.17. The molecule has 0 bridgehead atoms. The highest BCUT2D eigenvalue weighted by Crippen LogP contribution is 2.30. The van der Waals surface area contributed by atoms with Crippen LogP contribution in [0.15, 0.2) is 52.9 Å². The molecule has 0 fully saturated rings. The molecule has 0 atom stereocenters. The average Bonchev–Trinajstić information content (AvgIpc) is 3.12. The van der Waals surface area contributed by atoms with Gasteiger partial charge in [0.25, 0.3) is 5.89 Å². The second-order valence-corrected chi connectivity index (χ2v) is 4.89. The molecule has 5 nitrogen and oxygen atoms in total. The molecule has 0 amide bonds. The Hall–Kier alpha value is -3.15. The zero-order chi connectivity index (χ0) is 16.9. The predicted molar refractivity (Wildman–Crippen MR) is 88.3 cm³/mol. The Labute approximate surface area is 138 Å². The number of hydrogen-bond acceptors (Lipinski definition) is 5. The second kappa shape index (κ2) is 6.95. The first-order chi connectivity index (χ1) is 11.7. The maximum atomic E-state index is 14.4. The maximum Gasteiger partial charge on any atom is 0.276 e. The topological polar surface area (TPSA) is 57.4 Å². The number of methoxy groups -OCH3 is 2. The van der Waals surface area contributed by atoms with Gasteiger partial charge in [-0.05, 0) is 35.9 Å². The first kappa shape index (κ1) is 15.7. The Balaban J connectivity index is 1.88. The summed E-state index contributed by atoms with van der Waals surface area (Å²) >= 11 is 0. The van der Waals surface area contributed by atoms with Gasteiger partial charge < -0.3 is 13.9 Å². The van der Waals surface area contributed by atoms with Crippen LogP contribution in [0.2, 0.25) is 0 Å². The van der Waals surface area contributed by atoms with Crippen LogP contribution in [0.3, 0.4) is 0 Å². The molecule has 0 aliphatic heterocycles. The maximum absolute atomic E-state index is 14.4. The molecule has 0 saturated heterocycles. The van der Waals surface area contributed by atoms with Gasteiger partial charge in [0.1, 0.15) is 0 Å². The third-order valence-electron chi connectivity index (χ3n) is 3.35. The normalized spacial score (nSPS) is 11.4. The summed E-state index contributed by atoms with van der Waals surface area (Å²) in [5.74, 6) is 0.538. The van der Waals surface area contributed by atoms with Gasteiger partial charge in [-0.25, -0.2) is 4.39 Å². The monoisotopic (exact) mass is 326 g/mol. The highest BCUT2D eigenvalue weighted by atomic mass is 19.1. The summed E-state index contributed by atoms with van der Waals surface area (Å²) in [7, 11) is 3.06. The predicted octanol–water partition coefficient (Wildman–Crippen LogP) is 4.22. The van der Waals surface area contributed by atoms with Gasteiger partial charge in [0.05, 0.1) is 14.2 Å². The Morgan fingerprint density at radius 1 is 1.00 bits per heavy atom. The first-order valence-electron chi connectivity index (χ1n) is 7.20. The Bertz CT molecular complexity index is 860. The minimum atomic E-state index is -0.628. The zero-order valence-electron chi connectivity index (χ0n) is 13.2. The Morgan fingerprint density at radius 2 is 1.75 bits per heavy atom. The third kappa shape index (κ3) is 3.27. The standard InChI is InChI=1S/C18H15FN2O3/c1-22-15-9-8-12(11-16(15)23-2)10-14(19)18-21-20-17(24-18)13-6-4-3-5-7-13/h3-11H,1-2H3/b14-10-. The molecule has 3 rings (SSSR count). The van der Waals surface area contributed by atoms with Crippen molar-refractivity contribution >= 4 is 11.9 Å². The number of hydrogen-bond donors (Lipinski definition) is 0. The van der Waals surface area contributed by atoms with Gasteiger partial charge in [0.15, 0.2) is 17.3 Å². The number of halogens is 1. The molecule has 0 N–H and O–H groups in total. The van der Waals surface area contributed by atoms with Crippen LogP contribution in [-0.4, -0.2) is 24.4 Å². The number of aromatic nitrogens is 2. The molecule has 122 valence electrons. The van der Waals surface area contributed by atoms with Crippen LogP contribution in [0.4, 0.5) is 4.39 Å². The highest BCUT2D eigenvalue weighted by molar-refractivity contribution is 5.74. The van der Waals surface area contributed by atoms with Crippen LogP contribution < -0.4 is 9.47 Å². The van der Waals surface area contributed by atoms with E-state index in [0.717, 1.165) is 5.56 Å². The van der Waals surface area contributed by atoms with E-state index in [1.165, 1.54) is 20.3 Å². The van der Waals surface area contributed by atoms with E-state index in [9.17, 15) is 4.39 Å². The third-order valence-corrected chi connectivity index (χ3v) is 3.35. The van der Waals surface area contributed by atoms with Gasteiger partial charge in [0, 0.05) is 5.56 Å². The molecule has 2 aromatic carbocycles. The van der Waals surface area contributed by atoms with Gasteiger partial charge in [-0.1, -0.05) is 24.3 Å². The molecule has 6 heteroatoms. The summed E-state index contributed by atoms with van der Waals surface area (Å²) in [6.45, 7) is 0. The van der Waals surface area contributed by atoms with Crippen LogP contribution in [0.5, 0.6) is 11.5 Å². The molecule has 1 aromatic heterocycles. The molecule has 0 aliphatic carbocycles. The van der Waals surface area contributed by atoms with E-state index in [1.54, 1.807) is 18.2 Å². The molecule has 3 aromatic rings. The smallest absolute Gasteiger partial charge is 0.276 e. The van der Waals surface area contributed by atoms with Crippen molar-refractivity contribution in [2.24, 2.45) is 0 Å². The van der Waals surface area contributed by atoms with E-state index in [-0.39, 0.29) is 11.8 Å². The molecular formula is C18H15FN2O3. The van der Waals surface area contributed by atoms with Crippen molar-refractivity contribution < 1.29 is 18.3 Å². The first-order valence-corrected chi connectivity index (χ1v) is 7.20. The van der Waals surface area contributed by atoms with Crippen molar-refractivity contribution in [3.05, 3.63) is 60.0 Å². The van der Waals surface area contributed by atoms with E-state index in [2.05, 4.69) is 10.2 Å². The van der Waals surface area contributed by atoms with Crippen molar-refractivity contribution in [1.82, 2.24) is 10.2 Å². The van der Waals surface area contributed by atoms with Crippen molar-refractivity contribution in [2.75, 3.05) is 14.2 Å². The minimum absolute atomic E-state index is 0.177. The van der Waals surface area contributed by atoms with Crippen molar-refractivity contribution in [2.45, 2.75) is 0 Å². The average molecular weight is 326 g/mol. The van der Waals surface area contributed by atoms with Gasteiger partial charge in [0.2, 0.25) is 5.89 Å². The largest absolute Gasteiger partial charge is 0.493 e. The minimum Gasteiger partial charge on any atom is -0.493 e. The van der Waals surface area contributed by atoms with Crippen LogP contribution in [-0.2, 0) is 0 Å². The summed E-state index contributed by atoms with van der Waals surface area (Å²) in [5.41, 5.74) is 1.32. The lowest BCUT2D eigenvalue weighted by Gasteiger charge is -2.07. The van der Waals surface area contributed by atoms with Crippen LogP contribution in [0, 0.1) is 0 Å². The quantitative estimate of drug-likeness (QED) is 0.702. The molecule has 0 spiro atoms. The van der Waals surface area contributed by atoms with Crippen LogP contribution >= 0.6 is 0 Å². The van der Waals surface area contributed by atoms with E-state index >= 15 is 0 Å². The molecule has 24 heavy (non-hydrogen) atoms. The van der Waals surface area contributed by atoms with Gasteiger partial charge in [-0.2, -0.15) is 0 Å². The molecule has 0 aliphatic rings. The highest BCUT2D eigenvalue weighted by Gasteiger charge is 2.13. The SMILES string of the molecule is COc1ccc(/C=C(\F)c2nnc(-c3ccccc3)o2)cc1OC. The van der Waals surface area contributed by atoms with Crippen molar-refractivity contribution in [3.8, 4) is 23.0 Å². The zero-order valence-corrected chi connectivity index (χ0v) is 13.2. The molecule has 0 radical (unpaired) electrons. The Morgan fingerprint density at radius 3 is 2.46 bits per heavy atom. The summed E-state index contributed by atoms with van der Waals surface area (Å²) in [4.78, 5) is 0. The molecule has 0 unspecified atom stereocenters. The Kier molecular flexibility index (Phi) is 4.56. The summed E-state index contributed by atoms with van der Waals surface area (Å²) in [6, 6.07) is 14.2. The van der Waals surface area contributed by atoms with Crippen LogP contribution in [0.25, 0.3) is 23.4 Å². The lowest BCUT2D eigenvalue weighted by molar-refractivity contribution is 0.355. The fraction of sp³-hybridized carbons (Fsp3) is 0.111. The van der Waals surface area contributed by atoms with E-state index in [4.69, 9.17) is 13.9 Å². The lowest BCUT2D eigenvalue weighted by atomic mass is 10.2. The second-order valence-electron chi connectivity index (χ2n) is 4.89. The van der Waals surface area contributed by atoms with Crippen LogP contribution in [0.1, 0.15) is 11.5 Å². The summed E-state index contributed by atoms with van der Waals surface area (Å²) < 4.78 is 30.1. The van der Waals surface area contributed by atoms with E-state index in [1.807, 2.05) is 30.3 Å². The van der Waals surface area contributed by atoms with E-state index < -0.39 is 5.83 Å². The number of ether oxygens (including phenoxy) is 2. The summed E-state index contributed by atoms with van der Waals surface area (Å²) in [6.07, 6.45) is 1.30.